The molecule has 0 aromatic heterocycles. The Balaban J connectivity index is 2.00. The molecule has 5 heteroatoms. The van der Waals surface area contributed by atoms with Crippen LogP contribution in [0.15, 0.2) is 36.4 Å². The first-order valence-corrected chi connectivity index (χ1v) is 5.95. The molecule has 0 spiro atoms. The van der Waals surface area contributed by atoms with Gasteiger partial charge >= 0.3 is 5.97 Å². The van der Waals surface area contributed by atoms with E-state index in [2.05, 4.69) is 0 Å². The quantitative estimate of drug-likeness (QED) is 0.813. The lowest BCUT2D eigenvalue weighted by Gasteiger charge is -2.14. The average Bonchev–Trinajstić information content (AvgIpc) is 2.70. The van der Waals surface area contributed by atoms with Gasteiger partial charge in [0.1, 0.15) is 0 Å². The van der Waals surface area contributed by atoms with Crippen molar-refractivity contribution in [2.75, 3.05) is 4.90 Å². The first-order chi connectivity index (χ1) is 9.08. The van der Waals surface area contributed by atoms with Gasteiger partial charge < -0.3 is 5.11 Å². The van der Waals surface area contributed by atoms with Crippen molar-refractivity contribution in [1.82, 2.24) is 0 Å². The predicted molar refractivity (Wildman–Crippen MR) is 68.6 cm³/mol. The van der Waals surface area contributed by atoms with Crippen molar-refractivity contribution in [3.8, 4) is 0 Å². The van der Waals surface area contributed by atoms with Crippen LogP contribution < -0.4 is 4.90 Å². The number of carboxylic acids is 1. The van der Waals surface area contributed by atoms with Gasteiger partial charge in [-0.3, -0.25) is 14.4 Å². The molecule has 19 heavy (non-hydrogen) atoms. The molecule has 0 unspecified atom stereocenters. The van der Waals surface area contributed by atoms with Crippen molar-refractivity contribution in [3.05, 3.63) is 42.0 Å². The van der Waals surface area contributed by atoms with Gasteiger partial charge in [-0.15, -0.1) is 0 Å². The lowest BCUT2D eigenvalue weighted by atomic mass is 10.1. The second kappa shape index (κ2) is 5.48. The highest BCUT2D eigenvalue weighted by atomic mass is 16.4. The fourth-order valence-corrected chi connectivity index (χ4v) is 1.91. The molecule has 1 heterocycles. The number of amides is 2. The molecule has 0 bridgehead atoms. The standard InChI is InChI=1S/C14H13NO4/c16-12-8-9-13(17)15(12)11-6-4-10(5-7-11)2-1-3-14(18)19/h4-9H,1-3H2,(H,18,19). The number of nitrogens with zero attached hydrogens (tertiary/aromatic N) is 1. The van der Waals surface area contributed by atoms with Gasteiger partial charge in [0.15, 0.2) is 0 Å². The second-order valence-corrected chi connectivity index (χ2v) is 4.26. The number of benzene rings is 1. The molecule has 2 rings (SSSR count). The summed E-state index contributed by atoms with van der Waals surface area (Å²) >= 11 is 0. The summed E-state index contributed by atoms with van der Waals surface area (Å²) in [6, 6.07) is 6.99. The Bertz CT molecular complexity index is 527. The first kappa shape index (κ1) is 13.0. The Hall–Kier alpha value is -2.43. The molecule has 0 aliphatic carbocycles. The maximum absolute atomic E-state index is 11.5. The zero-order valence-electron chi connectivity index (χ0n) is 10.2. The number of hydrogen-bond acceptors (Lipinski definition) is 3. The Morgan fingerprint density at radius 2 is 1.63 bits per heavy atom. The number of carbonyl (C=O) groups is 3. The lowest BCUT2D eigenvalue weighted by molar-refractivity contribution is -0.137. The highest BCUT2D eigenvalue weighted by Gasteiger charge is 2.24. The average molecular weight is 259 g/mol. The van der Waals surface area contributed by atoms with E-state index in [0.717, 1.165) is 10.5 Å². The van der Waals surface area contributed by atoms with Crippen molar-refractivity contribution in [1.29, 1.82) is 0 Å². The molecular weight excluding hydrogens is 246 g/mol. The molecule has 0 radical (unpaired) electrons. The maximum Gasteiger partial charge on any atom is 0.303 e. The fourth-order valence-electron chi connectivity index (χ4n) is 1.91. The third-order valence-electron chi connectivity index (χ3n) is 2.86. The Morgan fingerprint density at radius 1 is 1.05 bits per heavy atom. The summed E-state index contributed by atoms with van der Waals surface area (Å²) in [6.07, 6.45) is 3.84. The molecule has 1 N–H and O–H groups in total. The largest absolute Gasteiger partial charge is 0.481 e. The topological polar surface area (TPSA) is 74.7 Å². The monoisotopic (exact) mass is 259 g/mol. The first-order valence-electron chi connectivity index (χ1n) is 5.95. The summed E-state index contributed by atoms with van der Waals surface area (Å²) in [4.78, 5) is 34.4. The molecule has 98 valence electrons. The van der Waals surface area contributed by atoms with Gasteiger partial charge in [0.05, 0.1) is 5.69 Å². The van der Waals surface area contributed by atoms with Crippen LogP contribution in [0.3, 0.4) is 0 Å². The summed E-state index contributed by atoms with van der Waals surface area (Å²) in [5, 5.41) is 8.55. The number of carbonyl (C=O) groups excluding carboxylic acids is 2. The van der Waals surface area contributed by atoms with Gasteiger partial charge in [0, 0.05) is 18.6 Å². The van der Waals surface area contributed by atoms with E-state index >= 15 is 0 Å². The van der Waals surface area contributed by atoms with Gasteiger partial charge in [0.25, 0.3) is 11.8 Å². The van der Waals surface area contributed by atoms with E-state index < -0.39 is 5.97 Å². The van der Waals surface area contributed by atoms with Crippen molar-refractivity contribution in [2.45, 2.75) is 19.3 Å². The van der Waals surface area contributed by atoms with E-state index in [1.165, 1.54) is 12.2 Å². The van der Waals surface area contributed by atoms with Crippen LogP contribution in [0.5, 0.6) is 0 Å². The minimum absolute atomic E-state index is 0.134. The Labute approximate surface area is 110 Å². The minimum atomic E-state index is -0.809. The van der Waals surface area contributed by atoms with Gasteiger partial charge in [-0.1, -0.05) is 12.1 Å². The summed E-state index contributed by atoms with van der Waals surface area (Å²) in [6.45, 7) is 0. The van der Waals surface area contributed by atoms with E-state index in [1.807, 2.05) is 0 Å². The van der Waals surface area contributed by atoms with Crippen LogP contribution in [0.2, 0.25) is 0 Å². The molecule has 2 amide bonds. The van der Waals surface area contributed by atoms with Crippen molar-refractivity contribution < 1.29 is 19.5 Å². The molecule has 0 saturated heterocycles. The summed E-state index contributed by atoms with van der Waals surface area (Å²) in [5.41, 5.74) is 1.51. The highest BCUT2D eigenvalue weighted by molar-refractivity contribution is 6.28. The van der Waals surface area contributed by atoms with Crippen LogP contribution in [0.1, 0.15) is 18.4 Å². The highest BCUT2D eigenvalue weighted by Crippen LogP contribution is 2.20. The zero-order valence-corrected chi connectivity index (χ0v) is 10.2. The van der Waals surface area contributed by atoms with Crippen LogP contribution in [0, 0.1) is 0 Å². The smallest absolute Gasteiger partial charge is 0.303 e. The molecule has 1 aliphatic rings. The number of hydrogen-bond donors (Lipinski definition) is 1. The Kier molecular flexibility index (Phi) is 3.75. The summed E-state index contributed by atoms with van der Waals surface area (Å²) in [5.74, 6) is -1.50. The van der Waals surface area contributed by atoms with Gasteiger partial charge in [-0.05, 0) is 30.5 Å². The third kappa shape index (κ3) is 3.07. The normalized spacial score (nSPS) is 14.2. The van der Waals surface area contributed by atoms with Crippen LogP contribution in [-0.2, 0) is 20.8 Å². The molecule has 0 atom stereocenters. The van der Waals surface area contributed by atoms with E-state index in [-0.39, 0.29) is 18.2 Å². The van der Waals surface area contributed by atoms with Gasteiger partial charge in [-0.25, -0.2) is 4.90 Å². The van der Waals surface area contributed by atoms with E-state index in [0.29, 0.717) is 18.5 Å². The fraction of sp³-hybridized carbons (Fsp3) is 0.214. The molecule has 1 aromatic carbocycles. The number of imide groups is 1. The lowest BCUT2D eigenvalue weighted by Crippen LogP contribution is -2.29. The predicted octanol–water partition coefficient (Wildman–Crippen LogP) is 1.52. The summed E-state index contributed by atoms with van der Waals surface area (Å²) < 4.78 is 0. The van der Waals surface area contributed by atoms with Gasteiger partial charge in [-0.2, -0.15) is 0 Å². The van der Waals surface area contributed by atoms with Crippen molar-refractivity contribution >= 4 is 23.5 Å². The minimum Gasteiger partial charge on any atom is -0.481 e. The van der Waals surface area contributed by atoms with E-state index in [1.54, 1.807) is 24.3 Å². The van der Waals surface area contributed by atoms with Crippen LogP contribution in [0.25, 0.3) is 0 Å². The third-order valence-corrected chi connectivity index (χ3v) is 2.86. The van der Waals surface area contributed by atoms with Crippen molar-refractivity contribution in [3.63, 3.8) is 0 Å². The SMILES string of the molecule is O=C(O)CCCc1ccc(N2C(=O)C=CC2=O)cc1. The van der Waals surface area contributed by atoms with Crippen LogP contribution >= 0.6 is 0 Å². The number of aliphatic carboxylic acids is 1. The maximum atomic E-state index is 11.5. The molecule has 0 saturated carbocycles. The number of aryl methyl sites for hydroxylation is 1. The molecule has 1 aromatic rings. The zero-order chi connectivity index (χ0) is 13.8. The number of rotatable bonds is 5. The molecule has 1 aliphatic heterocycles. The number of anilines is 1. The second-order valence-electron chi connectivity index (χ2n) is 4.26. The number of carboxylic acid groups (broad SMARTS) is 1. The summed E-state index contributed by atoms with van der Waals surface area (Å²) in [7, 11) is 0. The molecular formula is C14H13NO4. The van der Waals surface area contributed by atoms with E-state index in [4.69, 9.17) is 5.11 Å². The Morgan fingerprint density at radius 3 is 2.16 bits per heavy atom. The molecule has 5 nitrogen and oxygen atoms in total. The van der Waals surface area contributed by atoms with Crippen LogP contribution in [-0.4, -0.2) is 22.9 Å². The van der Waals surface area contributed by atoms with Crippen LogP contribution in [0.4, 0.5) is 5.69 Å². The van der Waals surface area contributed by atoms with E-state index in [9.17, 15) is 14.4 Å². The van der Waals surface area contributed by atoms with Gasteiger partial charge in [0.2, 0.25) is 0 Å². The van der Waals surface area contributed by atoms with Crippen molar-refractivity contribution in [2.24, 2.45) is 0 Å². The molecule has 0 fully saturated rings.